The first-order valence-electron chi connectivity index (χ1n) is 11.0. The maximum Gasteiger partial charge on any atom is 0.262 e. The lowest BCUT2D eigenvalue weighted by molar-refractivity contribution is -0.121. The minimum Gasteiger partial charge on any atom is -0.361 e. The zero-order chi connectivity index (χ0) is 22.8. The van der Waals surface area contributed by atoms with E-state index in [9.17, 15) is 9.59 Å². The summed E-state index contributed by atoms with van der Waals surface area (Å²) < 4.78 is 1.53. The summed E-state index contributed by atoms with van der Waals surface area (Å²) in [5.74, 6) is -0.0779. The van der Waals surface area contributed by atoms with Crippen molar-refractivity contribution in [3.63, 3.8) is 0 Å². The topological polar surface area (TPSA) is 79.8 Å². The smallest absolute Gasteiger partial charge is 0.262 e. The van der Waals surface area contributed by atoms with Gasteiger partial charge in [0.1, 0.15) is 4.83 Å². The second-order valence-corrected chi connectivity index (χ2v) is 9.01. The van der Waals surface area contributed by atoms with E-state index >= 15 is 0 Å². The molecule has 3 aromatic heterocycles. The van der Waals surface area contributed by atoms with Gasteiger partial charge in [-0.15, -0.1) is 11.3 Å². The maximum absolute atomic E-state index is 13.2. The van der Waals surface area contributed by atoms with Gasteiger partial charge in [0.15, 0.2) is 0 Å². The number of carbonyl (C=O) groups is 1. The molecule has 33 heavy (non-hydrogen) atoms. The highest BCUT2D eigenvalue weighted by atomic mass is 32.1. The van der Waals surface area contributed by atoms with Crippen LogP contribution in [0.2, 0.25) is 0 Å². The third kappa shape index (κ3) is 4.32. The van der Waals surface area contributed by atoms with Gasteiger partial charge in [-0.1, -0.05) is 48.0 Å². The lowest BCUT2D eigenvalue weighted by atomic mass is 10.1. The minimum atomic E-state index is -0.108. The molecule has 6 nitrogen and oxygen atoms in total. The van der Waals surface area contributed by atoms with Crippen LogP contribution in [0.25, 0.3) is 32.2 Å². The second-order valence-electron chi connectivity index (χ2n) is 8.15. The molecule has 5 rings (SSSR count). The number of rotatable bonds is 7. The lowest BCUT2D eigenvalue weighted by Crippen LogP contribution is -2.29. The molecule has 0 unspecified atom stereocenters. The molecule has 0 saturated carbocycles. The van der Waals surface area contributed by atoms with Gasteiger partial charge in [-0.2, -0.15) is 0 Å². The number of hydrogen-bond donors (Lipinski definition) is 2. The number of aromatic amines is 1. The van der Waals surface area contributed by atoms with Crippen molar-refractivity contribution in [1.29, 1.82) is 0 Å². The van der Waals surface area contributed by atoms with Crippen LogP contribution in [-0.4, -0.2) is 27.0 Å². The molecule has 2 N–H and O–H groups in total. The van der Waals surface area contributed by atoms with Crippen molar-refractivity contribution in [1.82, 2.24) is 19.9 Å². The monoisotopic (exact) mass is 456 g/mol. The van der Waals surface area contributed by atoms with Crippen LogP contribution in [0.3, 0.4) is 0 Å². The molecule has 0 fully saturated rings. The maximum atomic E-state index is 13.2. The number of benzene rings is 2. The zero-order valence-corrected chi connectivity index (χ0v) is 19.1. The Bertz CT molecular complexity index is 1490. The van der Waals surface area contributed by atoms with Gasteiger partial charge >= 0.3 is 0 Å². The van der Waals surface area contributed by atoms with Crippen molar-refractivity contribution in [3.05, 3.63) is 87.9 Å². The highest BCUT2D eigenvalue weighted by molar-refractivity contribution is 7.17. The predicted octanol–water partition coefficient (Wildman–Crippen LogP) is 4.66. The fourth-order valence-electron chi connectivity index (χ4n) is 4.06. The van der Waals surface area contributed by atoms with Crippen LogP contribution in [0.15, 0.2) is 71.2 Å². The Hall–Kier alpha value is -3.71. The van der Waals surface area contributed by atoms with E-state index in [1.807, 2.05) is 61.0 Å². The van der Waals surface area contributed by atoms with Gasteiger partial charge in [-0.3, -0.25) is 14.2 Å². The molecule has 0 atom stereocenters. The number of aryl methyl sites for hydroxylation is 2. The predicted molar refractivity (Wildman–Crippen MR) is 134 cm³/mol. The summed E-state index contributed by atoms with van der Waals surface area (Å²) in [6.07, 6.45) is 4.51. The van der Waals surface area contributed by atoms with Gasteiger partial charge in [-0.25, -0.2) is 4.98 Å². The summed E-state index contributed by atoms with van der Waals surface area (Å²) in [5, 5.41) is 6.74. The Kier molecular flexibility index (Phi) is 5.79. The van der Waals surface area contributed by atoms with Crippen molar-refractivity contribution in [3.8, 4) is 11.1 Å². The summed E-state index contributed by atoms with van der Waals surface area (Å²) in [7, 11) is 0. The number of carbonyl (C=O) groups excluding carboxylic acids is 1. The van der Waals surface area contributed by atoms with Crippen LogP contribution in [0, 0.1) is 6.92 Å². The SMILES string of the molecule is Cc1ccc(-c2csc3ncn(CCC(=O)NCCc4c[nH]c5ccccc45)c(=O)c23)cc1. The van der Waals surface area contributed by atoms with E-state index in [-0.39, 0.29) is 17.9 Å². The second kappa shape index (κ2) is 9.03. The molecule has 2 aromatic carbocycles. The fraction of sp³-hybridized carbons (Fsp3) is 0.192. The molecule has 166 valence electrons. The highest BCUT2D eigenvalue weighted by Gasteiger charge is 2.14. The molecule has 3 heterocycles. The molecule has 0 bridgehead atoms. The highest BCUT2D eigenvalue weighted by Crippen LogP contribution is 2.30. The van der Waals surface area contributed by atoms with E-state index in [0.717, 1.165) is 27.9 Å². The van der Waals surface area contributed by atoms with Crippen molar-refractivity contribution >= 4 is 38.4 Å². The van der Waals surface area contributed by atoms with Crippen LogP contribution in [-0.2, 0) is 17.8 Å². The molecule has 0 aliphatic heterocycles. The van der Waals surface area contributed by atoms with Crippen molar-refractivity contribution in [2.45, 2.75) is 26.3 Å². The average Bonchev–Trinajstić information content (AvgIpc) is 3.44. The van der Waals surface area contributed by atoms with Crippen LogP contribution in [0.4, 0.5) is 0 Å². The van der Waals surface area contributed by atoms with E-state index in [1.54, 1.807) is 6.33 Å². The zero-order valence-electron chi connectivity index (χ0n) is 18.3. The first-order valence-corrected chi connectivity index (χ1v) is 11.8. The molecule has 0 saturated heterocycles. The number of nitrogens with zero attached hydrogens (tertiary/aromatic N) is 2. The number of thiophene rings is 1. The van der Waals surface area contributed by atoms with E-state index < -0.39 is 0 Å². The Balaban J connectivity index is 1.24. The normalized spacial score (nSPS) is 11.3. The Labute approximate surface area is 194 Å². The standard InChI is InChI=1S/C26H24N4O2S/c1-17-6-8-18(9-7-17)21-15-33-25-24(21)26(32)30(16-29-25)13-11-23(31)27-12-10-19-14-28-22-5-3-2-4-20(19)22/h2-9,14-16,28H,10-13H2,1H3,(H,27,31). The van der Waals surface area contributed by atoms with E-state index in [4.69, 9.17) is 0 Å². The Morgan fingerprint density at radius 3 is 2.82 bits per heavy atom. The van der Waals surface area contributed by atoms with Crippen molar-refractivity contribution in [2.75, 3.05) is 6.54 Å². The van der Waals surface area contributed by atoms with Gasteiger partial charge in [0.05, 0.1) is 11.7 Å². The molecular weight excluding hydrogens is 432 g/mol. The summed E-state index contributed by atoms with van der Waals surface area (Å²) >= 11 is 1.46. The Morgan fingerprint density at radius 2 is 1.97 bits per heavy atom. The third-order valence-electron chi connectivity index (χ3n) is 5.89. The van der Waals surface area contributed by atoms with Crippen LogP contribution in [0.1, 0.15) is 17.5 Å². The number of fused-ring (bicyclic) bond motifs is 2. The number of H-pyrrole nitrogens is 1. The van der Waals surface area contributed by atoms with E-state index in [0.29, 0.717) is 18.5 Å². The van der Waals surface area contributed by atoms with Crippen LogP contribution < -0.4 is 10.9 Å². The number of amides is 1. The molecule has 0 aliphatic carbocycles. The van der Waals surface area contributed by atoms with Gasteiger partial charge in [-0.05, 0) is 30.5 Å². The van der Waals surface area contributed by atoms with Gasteiger partial charge in [0.25, 0.3) is 5.56 Å². The molecule has 1 amide bonds. The molecule has 0 aliphatic rings. The number of para-hydroxylation sites is 1. The average molecular weight is 457 g/mol. The van der Waals surface area contributed by atoms with Gasteiger partial charge in [0, 0.05) is 47.6 Å². The largest absolute Gasteiger partial charge is 0.361 e. The number of hydrogen-bond acceptors (Lipinski definition) is 4. The molecule has 0 spiro atoms. The summed E-state index contributed by atoms with van der Waals surface area (Å²) in [5.41, 5.74) is 5.23. The first-order chi connectivity index (χ1) is 16.1. The molecule has 7 heteroatoms. The van der Waals surface area contributed by atoms with E-state index in [2.05, 4.69) is 21.4 Å². The minimum absolute atomic E-state index is 0.0779. The third-order valence-corrected chi connectivity index (χ3v) is 6.78. The summed E-state index contributed by atoms with van der Waals surface area (Å²) in [4.78, 5) is 34.0. The van der Waals surface area contributed by atoms with Crippen LogP contribution in [0.5, 0.6) is 0 Å². The van der Waals surface area contributed by atoms with E-state index in [1.165, 1.54) is 32.4 Å². The fourth-order valence-corrected chi connectivity index (χ4v) is 4.96. The number of nitrogens with one attached hydrogen (secondary N) is 2. The molecular formula is C26H24N4O2S. The lowest BCUT2D eigenvalue weighted by Gasteiger charge is -2.08. The summed E-state index contributed by atoms with van der Waals surface area (Å²) in [6.45, 7) is 2.88. The van der Waals surface area contributed by atoms with Gasteiger partial charge in [0.2, 0.25) is 5.91 Å². The van der Waals surface area contributed by atoms with Crippen LogP contribution >= 0.6 is 11.3 Å². The first kappa shape index (κ1) is 21.2. The number of aromatic nitrogens is 3. The quantitative estimate of drug-likeness (QED) is 0.374. The van der Waals surface area contributed by atoms with Gasteiger partial charge < -0.3 is 10.3 Å². The molecule has 0 radical (unpaired) electrons. The Morgan fingerprint density at radius 1 is 1.15 bits per heavy atom. The van der Waals surface area contributed by atoms with Crippen molar-refractivity contribution in [2.24, 2.45) is 0 Å². The molecule has 5 aromatic rings. The summed E-state index contributed by atoms with van der Waals surface area (Å²) in [6, 6.07) is 16.2. The van der Waals surface area contributed by atoms with Crippen molar-refractivity contribution < 1.29 is 4.79 Å².